The maximum atomic E-state index is 10.9. The summed E-state index contributed by atoms with van der Waals surface area (Å²) in [6, 6.07) is 3.90. The topological polar surface area (TPSA) is 32.3 Å². The van der Waals surface area contributed by atoms with Crippen LogP contribution in [0.4, 0.5) is 5.69 Å². The van der Waals surface area contributed by atoms with Gasteiger partial charge in [0.2, 0.25) is 0 Å². The predicted octanol–water partition coefficient (Wildman–Crippen LogP) is 2.93. The lowest BCUT2D eigenvalue weighted by Gasteiger charge is -2.12. The van der Waals surface area contributed by atoms with E-state index in [1.165, 1.54) is 0 Å². The monoisotopic (exact) mass is 298 g/mol. The highest BCUT2D eigenvalue weighted by Crippen LogP contribution is 2.24. The molecule has 1 rings (SSSR count). The van der Waals surface area contributed by atoms with Crippen molar-refractivity contribution in [2.45, 2.75) is 13.3 Å². The Kier molecular flexibility index (Phi) is 5.65. The van der Waals surface area contributed by atoms with Crippen LogP contribution in [-0.2, 0) is 0 Å². The minimum atomic E-state index is 0.731. The Morgan fingerprint density at radius 3 is 2.71 bits per heavy atom. The number of halogens is 1. The highest BCUT2D eigenvalue weighted by Gasteiger charge is 2.04. The largest absolute Gasteiger partial charge is 0.385 e. The standard InChI is InChI=1S/C13H19BrN2O/c1-10-11(9-17)7-12(8-13(10)14)15-5-4-6-16(2)3/h7-9,15H,4-6H2,1-3H3. The van der Waals surface area contributed by atoms with E-state index >= 15 is 0 Å². The Morgan fingerprint density at radius 2 is 2.12 bits per heavy atom. The first kappa shape index (κ1) is 14.2. The molecule has 0 unspecified atom stereocenters. The second-order valence-electron chi connectivity index (χ2n) is 4.37. The summed E-state index contributed by atoms with van der Waals surface area (Å²) in [7, 11) is 4.12. The van der Waals surface area contributed by atoms with Gasteiger partial charge in [-0.1, -0.05) is 15.9 Å². The van der Waals surface area contributed by atoms with E-state index < -0.39 is 0 Å². The Morgan fingerprint density at radius 1 is 1.41 bits per heavy atom. The lowest BCUT2D eigenvalue weighted by molar-refractivity contribution is 0.112. The number of nitrogens with zero attached hydrogens (tertiary/aromatic N) is 1. The summed E-state index contributed by atoms with van der Waals surface area (Å²) in [6.45, 7) is 3.90. The number of aldehydes is 1. The van der Waals surface area contributed by atoms with Crippen LogP contribution in [0.15, 0.2) is 16.6 Å². The molecule has 0 spiro atoms. The molecule has 0 heterocycles. The summed E-state index contributed by atoms with van der Waals surface area (Å²) < 4.78 is 0.970. The van der Waals surface area contributed by atoms with Gasteiger partial charge < -0.3 is 10.2 Å². The number of carbonyl (C=O) groups excluding carboxylic acids is 1. The Balaban J connectivity index is 2.60. The zero-order valence-corrected chi connectivity index (χ0v) is 12.2. The van der Waals surface area contributed by atoms with Crippen LogP contribution in [0.5, 0.6) is 0 Å². The third-order valence-electron chi connectivity index (χ3n) is 2.62. The van der Waals surface area contributed by atoms with Gasteiger partial charge in [0.25, 0.3) is 0 Å². The summed E-state index contributed by atoms with van der Waals surface area (Å²) in [6.07, 6.45) is 1.97. The van der Waals surface area contributed by atoms with Crippen molar-refractivity contribution in [3.8, 4) is 0 Å². The molecule has 17 heavy (non-hydrogen) atoms. The second kappa shape index (κ2) is 6.77. The minimum absolute atomic E-state index is 0.731. The fourth-order valence-corrected chi connectivity index (χ4v) is 2.03. The Hall–Kier alpha value is -0.870. The molecule has 0 amide bonds. The van der Waals surface area contributed by atoms with Gasteiger partial charge in [-0.05, 0) is 51.7 Å². The predicted molar refractivity (Wildman–Crippen MR) is 75.9 cm³/mol. The van der Waals surface area contributed by atoms with E-state index in [4.69, 9.17) is 0 Å². The highest BCUT2D eigenvalue weighted by molar-refractivity contribution is 9.10. The Bertz CT molecular complexity index is 391. The minimum Gasteiger partial charge on any atom is -0.385 e. The van der Waals surface area contributed by atoms with Crippen LogP contribution < -0.4 is 5.32 Å². The molecule has 0 aromatic heterocycles. The third-order valence-corrected chi connectivity index (χ3v) is 3.45. The van der Waals surface area contributed by atoms with Crippen molar-refractivity contribution in [1.82, 2.24) is 4.90 Å². The fourth-order valence-electron chi connectivity index (χ4n) is 1.55. The van der Waals surface area contributed by atoms with E-state index in [0.29, 0.717) is 0 Å². The molecule has 0 saturated carbocycles. The molecule has 0 saturated heterocycles. The zero-order chi connectivity index (χ0) is 12.8. The van der Waals surface area contributed by atoms with Gasteiger partial charge in [0.15, 0.2) is 0 Å². The molecule has 3 nitrogen and oxygen atoms in total. The number of carbonyl (C=O) groups is 1. The molecule has 0 fully saturated rings. The van der Waals surface area contributed by atoms with Crippen molar-refractivity contribution in [1.29, 1.82) is 0 Å². The second-order valence-corrected chi connectivity index (χ2v) is 5.23. The average molecular weight is 299 g/mol. The quantitative estimate of drug-likeness (QED) is 0.647. The van der Waals surface area contributed by atoms with Crippen molar-refractivity contribution in [2.75, 3.05) is 32.5 Å². The maximum absolute atomic E-state index is 10.9. The molecule has 1 aromatic rings. The van der Waals surface area contributed by atoms with E-state index in [0.717, 1.165) is 47.1 Å². The molecule has 0 aliphatic carbocycles. The van der Waals surface area contributed by atoms with Gasteiger partial charge in [-0.3, -0.25) is 4.79 Å². The molecule has 0 bridgehead atoms. The summed E-state index contributed by atoms with van der Waals surface area (Å²) in [5.41, 5.74) is 2.71. The van der Waals surface area contributed by atoms with Crippen molar-refractivity contribution in [3.05, 3.63) is 27.7 Å². The maximum Gasteiger partial charge on any atom is 0.150 e. The lowest BCUT2D eigenvalue weighted by Crippen LogP contribution is -2.16. The van der Waals surface area contributed by atoms with Crippen molar-refractivity contribution in [3.63, 3.8) is 0 Å². The van der Waals surface area contributed by atoms with Crippen LogP contribution in [0.3, 0.4) is 0 Å². The van der Waals surface area contributed by atoms with Gasteiger partial charge in [0, 0.05) is 22.3 Å². The molecular formula is C13H19BrN2O. The number of rotatable bonds is 6. The van der Waals surface area contributed by atoms with Crippen LogP contribution in [0.1, 0.15) is 22.3 Å². The zero-order valence-electron chi connectivity index (χ0n) is 10.6. The molecule has 0 atom stereocenters. The van der Waals surface area contributed by atoms with Gasteiger partial charge in [0.1, 0.15) is 6.29 Å². The molecule has 1 N–H and O–H groups in total. The molecule has 0 radical (unpaired) electrons. The first-order valence-electron chi connectivity index (χ1n) is 5.68. The van der Waals surface area contributed by atoms with E-state index in [1.54, 1.807) is 0 Å². The normalized spacial score (nSPS) is 10.6. The van der Waals surface area contributed by atoms with Crippen LogP contribution >= 0.6 is 15.9 Å². The van der Waals surface area contributed by atoms with Crippen LogP contribution in [0, 0.1) is 6.92 Å². The number of hydrogen-bond acceptors (Lipinski definition) is 3. The summed E-state index contributed by atoms with van der Waals surface area (Å²) in [5.74, 6) is 0. The van der Waals surface area contributed by atoms with Crippen molar-refractivity contribution >= 4 is 27.9 Å². The number of benzene rings is 1. The summed E-state index contributed by atoms with van der Waals surface area (Å²) in [5, 5.41) is 3.33. The number of anilines is 1. The smallest absolute Gasteiger partial charge is 0.150 e. The van der Waals surface area contributed by atoms with E-state index in [-0.39, 0.29) is 0 Å². The first-order valence-corrected chi connectivity index (χ1v) is 6.48. The van der Waals surface area contributed by atoms with E-state index in [2.05, 4.69) is 40.2 Å². The molecule has 4 heteroatoms. The summed E-state index contributed by atoms with van der Waals surface area (Å²) >= 11 is 3.46. The Labute approximate surface area is 111 Å². The highest BCUT2D eigenvalue weighted by atomic mass is 79.9. The average Bonchev–Trinajstić information content (AvgIpc) is 2.28. The molecule has 1 aromatic carbocycles. The number of nitrogens with one attached hydrogen (secondary N) is 1. The molecular weight excluding hydrogens is 280 g/mol. The first-order chi connectivity index (χ1) is 8.04. The third kappa shape index (κ3) is 4.48. The van der Waals surface area contributed by atoms with E-state index in [9.17, 15) is 4.79 Å². The van der Waals surface area contributed by atoms with Crippen molar-refractivity contribution in [2.24, 2.45) is 0 Å². The SMILES string of the molecule is Cc1c(Br)cc(NCCCN(C)C)cc1C=O. The van der Waals surface area contributed by atoms with Crippen LogP contribution in [-0.4, -0.2) is 38.4 Å². The summed E-state index contributed by atoms with van der Waals surface area (Å²) in [4.78, 5) is 13.1. The van der Waals surface area contributed by atoms with Gasteiger partial charge >= 0.3 is 0 Å². The van der Waals surface area contributed by atoms with E-state index in [1.807, 2.05) is 19.1 Å². The molecule has 94 valence electrons. The van der Waals surface area contributed by atoms with Crippen LogP contribution in [0.2, 0.25) is 0 Å². The fraction of sp³-hybridized carbons (Fsp3) is 0.462. The van der Waals surface area contributed by atoms with Gasteiger partial charge in [-0.25, -0.2) is 0 Å². The van der Waals surface area contributed by atoms with Gasteiger partial charge in [-0.2, -0.15) is 0 Å². The number of hydrogen-bond donors (Lipinski definition) is 1. The van der Waals surface area contributed by atoms with Crippen LogP contribution in [0.25, 0.3) is 0 Å². The van der Waals surface area contributed by atoms with Gasteiger partial charge in [0.05, 0.1) is 0 Å². The van der Waals surface area contributed by atoms with Gasteiger partial charge in [-0.15, -0.1) is 0 Å². The molecule has 0 aliphatic rings. The van der Waals surface area contributed by atoms with Crippen molar-refractivity contribution < 1.29 is 4.79 Å². The molecule has 0 aliphatic heterocycles. The lowest BCUT2D eigenvalue weighted by atomic mass is 10.1.